The highest BCUT2D eigenvalue weighted by molar-refractivity contribution is 9.10. The maximum atomic E-state index is 5.32. The molecule has 0 saturated carbocycles. The third-order valence-corrected chi connectivity index (χ3v) is 2.69. The fraction of sp³-hybridized carbons (Fsp3) is 0.333. The van der Waals surface area contributed by atoms with Crippen LogP contribution in [0.25, 0.3) is 0 Å². The smallest absolute Gasteiger partial charge is 0.231 e. The van der Waals surface area contributed by atoms with Gasteiger partial charge in [-0.25, -0.2) is 5.90 Å². The molecule has 0 amide bonds. The average molecular weight is 276 g/mol. The molecular formula is C9H10BrNO4. The summed E-state index contributed by atoms with van der Waals surface area (Å²) in [5.41, 5.74) is 0.738. The zero-order chi connectivity index (χ0) is 10.8. The maximum absolute atomic E-state index is 5.32. The van der Waals surface area contributed by atoms with E-state index >= 15 is 0 Å². The SMILES string of the molecule is COc1c(Br)cc2c(c1CON)OCO2. The third kappa shape index (κ3) is 1.75. The van der Waals surface area contributed by atoms with E-state index in [9.17, 15) is 0 Å². The number of hydrogen-bond donors (Lipinski definition) is 1. The molecule has 6 heteroatoms. The number of methoxy groups -OCH3 is 1. The van der Waals surface area contributed by atoms with Crippen LogP contribution in [-0.4, -0.2) is 13.9 Å². The van der Waals surface area contributed by atoms with E-state index in [1.54, 1.807) is 13.2 Å². The van der Waals surface area contributed by atoms with E-state index in [1.807, 2.05) is 0 Å². The molecule has 2 N–H and O–H groups in total. The largest absolute Gasteiger partial charge is 0.495 e. The van der Waals surface area contributed by atoms with Crippen LogP contribution in [-0.2, 0) is 11.4 Å². The molecular weight excluding hydrogens is 266 g/mol. The van der Waals surface area contributed by atoms with Gasteiger partial charge in [-0.05, 0) is 15.9 Å². The Morgan fingerprint density at radius 2 is 2.33 bits per heavy atom. The zero-order valence-electron chi connectivity index (χ0n) is 8.08. The van der Waals surface area contributed by atoms with Crippen molar-refractivity contribution in [3.63, 3.8) is 0 Å². The molecule has 1 aliphatic heterocycles. The minimum Gasteiger partial charge on any atom is -0.495 e. The highest BCUT2D eigenvalue weighted by Crippen LogP contribution is 2.45. The van der Waals surface area contributed by atoms with Crippen molar-refractivity contribution in [2.75, 3.05) is 13.9 Å². The molecule has 0 spiro atoms. The van der Waals surface area contributed by atoms with Crippen LogP contribution >= 0.6 is 15.9 Å². The van der Waals surface area contributed by atoms with E-state index in [4.69, 9.17) is 20.1 Å². The molecule has 0 unspecified atom stereocenters. The van der Waals surface area contributed by atoms with Crippen molar-refractivity contribution in [1.29, 1.82) is 0 Å². The van der Waals surface area contributed by atoms with Crippen molar-refractivity contribution in [3.8, 4) is 17.2 Å². The highest BCUT2D eigenvalue weighted by Gasteiger charge is 2.24. The van der Waals surface area contributed by atoms with Gasteiger partial charge in [-0.1, -0.05) is 0 Å². The van der Waals surface area contributed by atoms with Gasteiger partial charge in [-0.15, -0.1) is 0 Å². The van der Waals surface area contributed by atoms with Gasteiger partial charge in [-0.2, -0.15) is 0 Å². The maximum Gasteiger partial charge on any atom is 0.231 e. The summed E-state index contributed by atoms with van der Waals surface area (Å²) in [5.74, 6) is 6.99. The second-order valence-electron chi connectivity index (χ2n) is 2.91. The Bertz CT molecular complexity index is 379. The molecule has 15 heavy (non-hydrogen) atoms. The Morgan fingerprint density at radius 1 is 1.53 bits per heavy atom. The summed E-state index contributed by atoms with van der Waals surface area (Å²) in [6.07, 6.45) is 0. The molecule has 0 saturated heterocycles. The topological polar surface area (TPSA) is 62.9 Å². The first-order valence-corrected chi connectivity index (χ1v) is 5.04. The highest BCUT2D eigenvalue weighted by atomic mass is 79.9. The molecule has 2 rings (SSSR count). The molecule has 82 valence electrons. The first-order chi connectivity index (χ1) is 7.27. The predicted molar refractivity (Wildman–Crippen MR) is 55.8 cm³/mol. The van der Waals surface area contributed by atoms with Gasteiger partial charge in [0, 0.05) is 6.07 Å². The first kappa shape index (κ1) is 10.5. The normalized spacial score (nSPS) is 13.0. The monoisotopic (exact) mass is 275 g/mol. The summed E-state index contributed by atoms with van der Waals surface area (Å²) >= 11 is 3.37. The van der Waals surface area contributed by atoms with Crippen molar-refractivity contribution in [2.24, 2.45) is 5.90 Å². The van der Waals surface area contributed by atoms with Crippen LogP contribution in [0.1, 0.15) is 5.56 Å². The molecule has 0 radical (unpaired) electrons. The summed E-state index contributed by atoms with van der Waals surface area (Å²) in [6, 6.07) is 1.79. The van der Waals surface area contributed by atoms with Crippen LogP contribution in [0.3, 0.4) is 0 Å². The number of hydrogen-bond acceptors (Lipinski definition) is 5. The fourth-order valence-electron chi connectivity index (χ4n) is 1.49. The second kappa shape index (κ2) is 4.26. The lowest BCUT2D eigenvalue weighted by molar-refractivity contribution is 0.117. The Kier molecular flexibility index (Phi) is 2.99. The molecule has 0 atom stereocenters. The second-order valence-corrected chi connectivity index (χ2v) is 3.77. The predicted octanol–water partition coefficient (Wildman–Crippen LogP) is 1.58. The van der Waals surface area contributed by atoms with Crippen LogP contribution in [0.2, 0.25) is 0 Å². The van der Waals surface area contributed by atoms with Gasteiger partial charge < -0.3 is 14.2 Å². The lowest BCUT2D eigenvalue weighted by Gasteiger charge is -2.12. The first-order valence-electron chi connectivity index (χ1n) is 4.24. The molecule has 1 aliphatic rings. The van der Waals surface area contributed by atoms with Gasteiger partial charge in [-0.3, -0.25) is 4.84 Å². The molecule has 0 aliphatic carbocycles. The van der Waals surface area contributed by atoms with E-state index < -0.39 is 0 Å². The third-order valence-electron chi connectivity index (χ3n) is 2.10. The minimum absolute atomic E-state index is 0.201. The summed E-state index contributed by atoms with van der Waals surface area (Å²) in [4.78, 5) is 4.61. The lowest BCUT2D eigenvalue weighted by atomic mass is 10.1. The molecule has 1 aromatic rings. The summed E-state index contributed by atoms with van der Waals surface area (Å²) in [6.45, 7) is 0.404. The van der Waals surface area contributed by atoms with E-state index in [0.717, 1.165) is 10.0 Å². The van der Waals surface area contributed by atoms with Gasteiger partial charge in [0.1, 0.15) is 12.4 Å². The summed E-state index contributed by atoms with van der Waals surface area (Å²) < 4.78 is 16.6. The summed E-state index contributed by atoms with van der Waals surface area (Å²) in [5, 5.41) is 0. The quantitative estimate of drug-likeness (QED) is 0.849. The van der Waals surface area contributed by atoms with Gasteiger partial charge in [0.05, 0.1) is 17.1 Å². The van der Waals surface area contributed by atoms with E-state index in [1.165, 1.54) is 0 Å². The Morgan fingerprint density at radius 3 is 3.00 bits per heavy atom. The van der Waals surface area contributed by atoms with Crippen LogP contribution in [0.5, 0.6) is 17.2 Å². The van der Waals surface area contributed by atoms with Gasteiger partial charge in [0.25, 0.3) is 0 Å². The molecule has 5 nitrogen and oxygen atoms in total. The number of ether oxygens (including phenoxy) is 3. The van der Waals surface area contributed by atoms with E-state index in [2.05, 4.69) is 20.8 Å². The molecule has 0 fully saturated rings. The number of fused-ring (bicyclic) bond motifs is 1. The number of rotatable bonds is 3. The van der Waals surface area contributed by atoms with Crippen molar-refractivity contribution in [1.82, 2.24) is 0 Å². The fourth-order valence-corrected chi connectivity index (χ4v) is 2.10. The van der Waals surface area contributed by atoms with E-state index in [0.29, 0.717) is 17.2 Å². The molecule has 0 aromatic heterocycles. The van der Waals surface area contributed by atoms with Crippen LogP contribution in [0, 0.1) is 0 Å². The van der Waals surface area contributed by atoms with Crippen LogP contribution in [0.15, 0.2) is 10.5 Å². The standard InChI is InChI=1S/C9H10BrNO4/c1-12-8-5(3-15-11)9-7(2-6(8)10)13-4-14-9/h2H,3-4,11H2,1H3. The molecule has 0 bridgehead atoms. The Hall–Kier alpha value is -0.980. The lowest BCUT2D eigenvalue weighted by Crippen LogP contribution is -2.03. The van der Waals surface area contributed by atoms with Crippen LogP contribution < -0.4 is 20.1 Å². The Balaban J connectivity index is 2.55. The molecule has 1 heterocycles. The number of benzene rings is 1. The Labute approximate surface area is 95.1 Å². The van der Waals surface area contributed by atoms with Crippen molar-refractivity contribution < 1.29 is 19.0 Å². The van der Waals surface area contributed by atoms with Gasteiger partial charge in [0.15, 0.2) is 11.5 Å². The number of nitrogens with two attached hydrogens (primary N) is 1. The molecule has 1 aromatic carbocycles. The van der Waals surface area contributed by atoms with Gasteiger partial charge in [0.2, 0.25) is 6.79 Å². The van der Waals surface area contributed by atoms with Crippen molar-refractivity contribution in [3.05, 3.63) is 16.1 Å². The number of halogens is 1. The van der Waals surface area contributed by atoms with Crippen molar-refractivity contribution >= 4 is 15.9 Å². The minimum atomic E-state index is 0.201. The van der Waals surface area contributed by atoms with Gasteiger partial charge >= 0.3 is 0 Å². The summed E-state index contributed by atoms with van der Waals surface area (Å²) in [7, 11) is 1.57. The van der Waals surface area contributed by atoms with E-state index in [-0.39, 0.29) is 13.4 Å². The average Bonchev–Trinajstić information content (AvgIpc) is 2.66. The zero-order valence-corrected chi connectivity index (χ0v) is 9.67. The van der Waals surface area contributed by atoms with Crippen molar-refractivity contribution in [2.45, 2.75) is 6.61 Å². The van der Waals surface area contributed by atoms with Crippen LogP contribution in [0.4, 0.5) is 0 Å².